The van der Waals surface area contributed by atoms with Gasteiger partial charge in [-0.25, -0.2) is 4.79 Å². The Morgan fingerprint density at radius 2 is 1.73 bits per heavy atom. The minimum absolute atomic E-state index is 0.0422. The fourth-order valence-electron chi connectivity index (χ4n) is 3.78. The van der Waals surface area contributed by atoms with Gasteiger partial charge in [-0.1, -0.05) is 48.5 Å². The highest BCUT2D eigenvalue weighted by atomic mass is 32.1. The normalized spacial score (nSPS) is 14.6. The molecule has 0 aliphatic carbocycles. The molecule has 33 heavy (non-hydrogen) atoms. The molecule has 0 unspecified atom stereocenters. The molecule has 170 valence electrons. The Bertz CT molecular complexity index is 1110. The largest absolute Gasteiger partial charge is 0.489 e. The zero-order valence-electron chi connectivity index (χ0n) is 18.4. The van der Waals surface area contributed by atoms with Crippen molar-refractivity contribution in [2.45, 2.75) is 13.0 Å². The lowest BCUT2D eigenvalue weighted by Gasteiger charge is -2.22. The van der Waals surface area contributed by atoms with Crippen molar-refractivity contribution in [2.24, 2.45) is 5.73 Å². The average molecular weight is 462 g/mol. The van der Waals surface area contributed by atoms with Crippen LogP contribution in [0.25, 0.3) is 11.6 Å². The van der Waals surface area contributed by atoms with Crippen LogP contribution in [-0.2, 0) is 11.4 Å². The van der Waals surface area contributed by atoms with Crippen molar-refractivity contribution in [3.8, 4) is 5.75 Å². The predicted octanol–water partition coefficient (Wildman–Crippen LogP) is 4.48. The summed E-state index contributed by atoms with van der Waals surface area (Å²) in [5.41, 5.74) is 8.06. The molecule has 0 radical (unpaired) electrons. The van der Waals surface area contributed by atoms with Gasteiger partial charge >= 0.3 is 6.03 Å². The molecule has 1 saturated heterocycles. The first-order valence-electron chi connectivity index (χ1n) is 11.0. The van der Waals surface area contributed by atoms with E-state index in [0.29, 0.717) is 44.8 Å². The number of rotatable bonds is 6. The Labute approximate surface area is 197 Å². The van der Waals surface area contributed by atoms with Gasteiger partial charge in [0.1, 0.15) is 12.4 Å². The molecule has 4 rings (SSSR count). The number of hydrogen-bond donors (Lipinski definition) is 1. The van der Waals surface area contributed by atoms with Crippen LogP contribution in [0.3, 0.4) is 0 Å². The standard InChI is InChI=1S/C26H27N3O3S/c27-26(31)29-13-6-12-28(14-15-29)25(30)23(24-11-5-16-33-24)18-21-9-4-10-22(17-21)32-19-20-7-2-1-3-8-20/h1-5,7-11,16-18H,6,12-15,19H2,(H2,27,31)/b23-18+. The third kappa shape index (κ3) is 6.02. The van der Waals surface area contributed by atoms with E-state index in [9.17, 15) is 9.59 Å². The van der Waals surface area contributed by atoms with E-state index in [-0.39, 0.29) is 5.91 Å². The number of ether oxygens (including phenoxy) is 1. The number of hydrogen-bond acceptors (Lipinski definition) is 4. The maximum absolute atomic E-state index is 13.5. The number of benzene rings is 2. The molecule has 3 aromatic rings. The maximum Gasteiger partial charge on any atom is 0.314 e. The second kappa shape index (κ2) is 10.8. The Balaban J connectivity index is 1.54. The Hall–Kier alpha value is -3.58. The highest BCUT2D eigenvalue weighted by molar-refractivity contribution is 7.11. The van der Waals surface area contributed by atoms with Gasteiger partial charge in [-0.2, -0.15) is 0 Å². The van der Waals surface area contributed by atoms with E-state index >= 15 is 0 Å². The topological polar surface area (TPSA) is 75.9 Å². The molecule has 0 bridgehead atoms. The lowest BCUT2D eigenvalue weighted by Crippen LogP contribution is -2.39. The van der Waals surface area contributed by atoms with Crippen LogP contribution in [-0.4, -0.2) is 47.9 Å². The van der Waals surface area contributed by atoms with Gasteiger partial charge in [-0.05, 0) is 47.2 Å². The molecular formula is C26H27N3O3S. The molecular weight excluding hydrogens is 434 g/mol. The van der Waals surface area contributed by atoms with E-state index in [1.807, 2.05) is 83.1 Å². The maximum atomic E-state index is 13.5. The van der Waals surface area contributed by atoms with E-state index in [0.717, 1.165) is 21.8 Å². The smallest absolute Gasteiger partial charge is 0.314 e. The molecule has 1 aliphatic rings. The third-order valence-corrected chi connectivity index (χ3v) is 6.43. The summed E-state index contributed by atoms with van der Waals surface area (Å²) >= 11 is 1.53. The van der Waals surface area contributed by atoms with Gasteiger partial charge in [-0.15, -0.1) is 11.3 Å². The summed E-state index contributed by atoms with van der Waals surface area (Å²) in [6.45, 7) is 2.55. The van der Waals surface area contributed by atoms with Gasteiger partial charge in [0.15, 0.2) is 0 Å². The van der Waals surface area contributed by atoms with Crippen molar-refractivity contribution in [1.29, 1.82) is 0 Å². The first-order valence-corrected chi connectivity index (χ1v) is 11.8. The molecule has 0 saturated carbocycles. The molecule has 2 N–H and O–H groups in total. The highest BCUT2D eigenvalue weighted by Gasteiger charge is 2.24. The van der Waals surface area contributed by atoms with Gasteiger partial charge in [0, 0.05) is 31.1 Å². The monoisotopic (exact) mass is 461 g/mol. The summed E-state index contributed by atoms with van der Waals surface area (Å²) in [6.07, 6.45) is 2.62. The third-order valence-electron chi connectivity index (χ3n) is 5.53. The molecule has 1 fully saturated rings. The van der Waals surface area contributed by atoms with Gasteiger partial charge in [0.05, 0.1) is 5.57 Å². The van der Waals surface area contributed by atoms with Crippen molar-refractivity contribution < 1.29 is 14.3 Å². The summed E-state index contributed by atoms with van der Waals surface area (Å²) in [5, 5.41) is 1.97. The number of nitrogens with two attached hydrogens (primary N) is 1. The lowest BCUT2D eigenvalue weighted by atomic mass is 10.1. The zero-order valence-corrected chi connectivity index (χ0v) is 19.2. The number of carbonyl (C=O) groups excluding carboxylic acids is 2. The fourth-order valence-corrected chi connectivity index (χ4v) is 4.52. The number of urea groups is 1. The molecule has 0 spiro atoms. The Morgan fingerprint density at radius 3 is 2.48 bits per heavy atom. The lowest BCUT2D eigenvalue weighted by molar-refractivity contribution is -0.124. The van der Waals surface area contributed by atoms with Crippen molar-refractivity contribution in [3.05, 3.63) is 88.1 Å². The molecule has 6 nitrogen and oxygen atoms in total. The fraction of sp³-hybridized carbons (Fsp3) is 0.231. The quantitative estimate of drug-likeness (QED) is 0.550. The number of carbonyl (C=O) groups is 2. The molecule has 1 aliphatic heterocycles. The number of amides is 3. The molecule has 3 amide bonds. The number of primary amides is 1. The van der Waals surface area contributed by atoms with Gasteiger partial charge in [0.2, 0.25) is 0 Å². The van der Waals surface area contributed by atoms with E-state index in [2.05, 4.69) is 0 Å². The molecule has 0 atom stereocenters. The first-order chi connectivity index (χ1) is 16.1. The predicted molar refractivity (Wildman–Crippen MR) is 132 cm³/mol. The van der Waals surface area contributed by atoms with E-state index < -0.39 is 6.03 Å². The summed E-state index contributed by atoms with van der Waals surface area (Å²) in [5.74, 6) is 0.705. The molecule has 2 aromatic carbocycles. The number of thiophene rings is 1. The van der Waals surface area contributed by atoms with Crippen molar-refractivity contribution in [2.75, 3.05) is 26.2 Å². The minimum Gasteiger partial charge on any atom is -0.489 e. The van der Waals surface area contributed by atoms with E-state index in [1.165, 1.54) is 11.3 Å². The Kier molecular flexibility index (Phi) is 7.42. The van der Waals surface area contributed by atoms with Crippen LogP contribution in [0.15, 0.2) is 72.1 Å². The zero-order chi connectivity index (χ0) is 23.0. The summed E-state index contributed by atoms with van der Waals surface area (Å²) in [7, 11) is 0. The first kappa shape index (κ1) is 22.6. The second-order valence-electron chi connectivity index (χ2n) is 7.85. The van der Waals surface area contributed by atoms with Gasteiger partial charge < -0.3 is 20.3 Å². The van der Waals surface area contributed by atoms with Crippen molar-refractivity contribution in [3.63, 3.8) is 0 Å². The SMILES string of the molecule is NC(=O)N1CCCN(C(=O)/C(=C/c2cccc(OCc3ccccc3)c2)c2cccs2)CC1. The second-order valence-corrected chi connectivity index (χ2v) is 8.80. The van der Waals surface area contributed by atoms with Crippen LogP contribution in [0.4, 0.5) is 4.79 Å². The summed E-state index contributed by atoms with van der Waals surface area (Å²) in [4.78, 5) is 29.4. The van der Waals surface area contributed by atoms with Crippen LogP contribution >= 0.6 is 11.3 Å². The minimum atomic E-state index is -0.439. The highest BCUT2D eigenvalue weighted by Crippen LogP contribution is 2.27. The molecule has 7 heteroatoms. The molecule has 1 aromatic heterocycles. The van der Waals surface area contributed by atoms with Gasteiger partial charge in [-0.3, -0.25) is 4.79 Å². The summed E-state index contributed by atoms with van der Waals surface area (Å²) in [6, 6.07) is 21.2. The average Bonchev–Trinajstić information content (AvgIpc) is 3.25. The number of nitrogens with zero attached hydrogens (tertiary/aromatic N) is 2. The van der Waals surface area contributed by atoms with Gasteiger partial charge in [0.25, 0.3) is 5.91 Å². The van der Waals surface area contributed by atoms with E-state index in [1.54, 1.807) is 4.90 Å². The van der Waals surface area contributed by atoms with Crippen LogP contribution in [0.2, 0.25) is 0 Å². The van der Waals surface area contributed by atoms with Crippen molar-refractivity contribution >= 4 is 34.9 Å². The van der Waals surface area contributed by atoms with Crippen molar-refractivity contribution in [1.82, 2.24) is 9.80 Å². The van der Waals surface area contributed by atoms with E-state index in [4.69, 9.17) is 10.5 Å². The Morgan fingerprint density at radius 1 is 0.939 bits per heavy atom. The van der Waals surface area contributed by atoms with Crippen LogP contribution in [0, 0.1) is 0 Å². The van der Waals surface area contributed by atoms with Crippen LogP contribution < -0.4 is 10.5 Å². The van der Waals surface area contributed by atoms with Crippen LogP contribution in [0.1, 0.15) is 22.4 Å². The molecule has 2 heterocycles. The van der Waals surface area contributed by atoms with Crippen LogP contribution in [0.5, 0.6) is 5.75 Å². The summed E-state index contributed by atoms with van der Waals surface area (Å²) < 4.78 is 5.96.